The van der Waals surface area contributed by atoms with E-state index in [2.05, 4.69) is 0 Å². The van der Waals surface area contributed by atoms with E-state index < -0.39 is 0 Å². The van der Waals surface area contributed by atoms with Crippen molar-refractivity contribution in [1.82, 2.24) is 12.3 Å². The summed E-state index contributed by atoms with van der Waals surface area (Å²) < 4.78 is 0. The molecule has 0 bridgehead atoms. The number of hydrogen-bond donors (Lipinski definition) is 2. The molecule has 32 valence electrons. The van der Waals surface area contributed by atoms with Gasteiger partial charge in [-0.1, -0.05) is 0 Å². The molecule has 0 unspecified atom stereocenters. The SMILES string of the molecule is N.N.O.[SiH4]. The highest BCUT2D eigenvalue weighted by molar-refractivity contribution is 5.75. The van der Waals surface area contributed by atoms with Gasteiger partial charge in [0.25, 0.3) is 0 Å². The highest BCUT2D eigenvalue weighted by Crippen LogP contribution is -0.289. The molecule has 4 heavy (non-hydrogen) atoms. The molecule has 0 saturated heterocycles. The van der Waals surface area contributed by atoms with Crippen LogP contribution in [0.25, 0.3) is 0 Å². The van der Waals surface area contributed by atoms with Crippen LogP contribution in [-0.2, 0) is 0 Å². The molecule has 0 fully saturated rings. The molecule has 0 saturated carbocycles. The van der Waals surface area contributed by atoms with Gasteiger partial charge in [0.15, 0.2) is 0 Å². The van der Waals surface area contributed by atoms with E-state index in [4.69, 9.17) is 0 Å². The van der Waals surface area contributed by atoms with Crippen LogP contribution in [0.3, 0.4) is 0 Å². The molecular formula is H12N2OSi. The van der Waals surface area contributed by atoms with Crippen LogP contribution in [0.4, 0.5) is 0 Å². The standard InChI is InChI=1S/2H3N.H2O.H4Si/h2*1H3;1H2;1H4. The zero-order chi connectivity index (χ0) is 0. The molecule has 3 nitrogen and oxygen atoms in total. The van der Waals surface area contributed by atoms with E-state index in [1.165, 1.54) is 0 Å². The van der Waals surface area contributed by atoms with Crippen LogP contribution in [0.15, 0.2) is 0 Å². The van der Waals surface area contributed by atoms with Crippen molar-refractivity contribution in [3.05, 3.63) is 0 Å². The normalized spacial score (nSPS) is 0. The van der Waals surface area contributed by atoms with E-state index in [0.717, 1.165) is 0 Å². The average Bonchev–Trinajstić information content (AvgIpc) is 0. The lowest BCUT2D eigenvalue weighted by Gasteiger charge is -0.412. The number of hydrogen-bond acceptors (Lipinski definition) is 2. The Hall–Kier alpha value is 0.0969. The van der Waals surface area contributed by atoms with Gasteiger partial charge in [0.05, 0.1) is 0 Å². The molecular weight excluding hydrogens is 72.1 g/mol. The van der Waals surface area contributed by atoms with Gasteiger partial charge in [-0.2, -0.15) is 0 Å². The third kappa shape index (κ3) is 269. The van der Waals surface area contributed by atoms with Gasteiger partial charge in [0.2, 0.25) is 0 Å². The summed E-state index contributed by atoms with van der Waals surface area (Å²) in [6.45, 7) is 0. The van der Waals surface area contributed by atoms with E-state index in [1.54, 1.807) is 0 Å². The van der Waals surface area contributed by atoms with Crippen molar-refractivity contribution in [1.29, 1.82) is 0 Å². The second-order valence-electron chi connectivity index (χ2n) is 0. The van der Waals surface area contributed by atoms with Gasteiger partial charge < -0.3 is 17.8 Å². The minimum absolute atomic E-state index is 0. The first-order valence-corrected chi connectivity index (χ1v) is 0. The van der Waals surface area contributed by atoms with E-state index in [9.17, 15) is 0 Å². The van der Waals surface area contributed by atoms with Gasteiger partial charge in [0, 0.05) is 0 Å². The average molecular weight is 84.2 g/mol. The lowest BCUT2D eigenvalue weighted by molar-refractivity contribution is 0.824. The summed E-state index contributed by atoms with van der Waals surface area (Å²) in [5, 5.41) is 0. The summed E-state index contributed by atoms with van der Waals surface area (Å²) in [7, 11) is 0. The summed E-state index contributed by atoms with van der Waals surface area (Å²) in [5.74, 6) is 0. The predicted octanol–water partition coefficient (Wildman–Crippen LogP) is -1.95. The highest BCUT2D eigenvalue weighted by Gasteiger charge is -0.0148. The fourth-order valence-electron chi connectivity index (χ4n) is 0. The van der Waals surface area contributed by atoms with Crippen molar-refractivity contribution in [3.63, 3.8) is 0 Å². The van der Waals surface area contributed by atoms with Gasteiger partial charge in [-0.05, 0) is 11.0 Å². The van der Waals surface area contributed by atoms with Crippen LogP contribution in [0.1, 0.15) is 0 Å². The Morgan fingerprint density at radius 1 is 0.750 bits per heavy atom. The largest absolute Gasteiger partial charge is 0.412 e. The van der Waals surface area contributed by atoms with Crippen LogP contribution in [0.5, 0.6) is 0 Å². The fraction of sp³-hybridized carbons (Fsp3) is 0. The molecule has 8 N–H and O–H groups in total. The molecule has 0 aromatic rings. The molecule has 4 heteroatoms. The van der Waals surface area contributed by atoms with Crippen LogP contribution >= 0.6 is 0 Å². The Labute approximate surface area is 29.9 Å². The van der Waals surface area contributed by atoms with E-state index in [0.29, 0.717) is 0 Å². The highest BCUT2D eigenvalue weighted by atomic mass is 28.1. The van der Waals surface area contributed by atoms with E-state index >= 15 is 0 Å². The van der Waals surface area contributed by atoms with Gasteiger partial charge >= 0.3 is 0 Å². The van der Waals surface area contributed by atoms with Gasteiger partial charge in [0.1, 0.15) is 0 Å². The summed E-state index contributed by atoms with van der Waals surface area (Å²) >= 11 is 0. The van der Waals surface area contributed by atoms with Crippen LogP contribution < -0.4 is 12.3 Å². The Balaban J connectivity index is 0. The molecule has 0 aromatic heterocycles. The maximum Gasteiger partial charge on any atom is -0.0149 e. The zero-order valence-electron chi connectivity index (χ0n) is 1.91. The molecule has 0 amide bonds. The summed E-state index contributed by atoms with van der Waals surface area (Å²) in [5.41, 5.74) is 0. The van der Waals surface area contributed by atoms with Crippen molar-refractivity contribution in [3.8, 4) is 0 Å². The molecule has 0 aliphatic carbocycles. The third-order valence-electron chi connectivity index (χ3n) is 0. The third-order valence-corrected chi connectivity index (χ3v) is 0. The van der Waals surface area contributed by atoms with Crippen molar-refractivity contribution < 1.29 is 5.48 Å². The molecule has 0 heterocycles. The topological polar surface area (TPSA) is 102 Å². The van der Waals surface area contributed by atoms with Gasteiger partial charge in [-0.3, -0.25) is 0 Å². The number of rotatable bonds is 0. The molecule has 0 radical (unpaired) electrons. The van der Waals surface area contributed by atoms with E-state index in [-0.39, 0.29) is 28.7 Å². The predicted molar refractivity (Wildman–Crippen MR) is 25.0 cm³/mol. The Morgan fingerprint density at radius 3 is 0.750 bits per heavy atom. The maximum absolute atomic E-state index is 0. The summed E-state index contributed by atoms with van der Waals surface area (Å²) in [6, 6.07) is 0. The Bertz CT molecular complexity index is 6.00. The maximum atomic E-state index is 0. The second kappa shape index (κ2) is 1450. The first kappa shape index (κ1) is 4190. The first-order valence-electron chi connectivity index (χ1n) is 0. The van der Waals surface area contributed by atoms with Gasteiger partial charge in [-0.15, -0.1) is 0 Å². The van der Waals surface area contributed by atoms with Crippen LogP contribution in [0, 0.1) is 0 Å². The lowest BCUT2D eigenvalue weighted by Crippen LogP contribution is -0.482. The molecule has 0 atom stereocenters. The molecule has 0 rings (SSSR count). The first-order chi connectivity index (χ1) is 0. The molecule has 0 spiro atoms. The van der Waals surface area contributed by atoms with Crippen LogP contribution in [0.2, 0.25) is 0 Å². The summed E-state index contributed by atoms with van der Waals surface area (Å²) in [6.07, 6.45) is 0. The second-order valence-corrected chi connectivity index (χ2v) is 0. The summed E-state index contributed by atoms with van der Waals surface area (Å²) in [4.78, 5) is 0. The van der Waals surface area contributed by atoms with Crippen molar-refractivity contribution in [2.45, 2.75) is 0 Å². The lowest BCUT2D eigenvalue weighted by atomic mass is 14.0. The minimum Gasteiger partial charge on any atom is -0.412 e. The molecule has 0 aromatic carbocycles. The monoisotopic (exact) mass is 84.1 g/mol. The minimum atomic E-state index is 0. The quantitative estimate of drug-likeness (QED) is 0.333. The van der Waals surface area contributed by atoms with Crippen molar-refractivity contribution in [2.24, 2.45) is 0 Å². The zero-order valence-corrected chi connectivity index (χ0v) is 1.91. The van der Waals surface area contributed by atoms with Crippen LogP contribution in [-0.4, -0.2) is 16.4 Å². The smallest absolute Gasteiger partial charge is 0.0149 e. The molecule has 0 aliphatic heterocycles. The van der Waals surface area contributed by atoms with Crippen molar-refractivity contribution in [2.75, 3.05) is 0 Å². The Morgan fingerprint density at radius 2 is 0.750 bits per heavy atom. The fourth-order valence-corrected chi connectivity index (χ4v) is 0. The van der Waals surface area contributed by atoms with Gasteiger partial charge in [-0.25, -0.2) is 0 Å². The van der Waals surface area contributed by atoms with E-state index in [1.807, 2.05) is 0 Å². The molecule has 0 aliphatic rings. The Kier molecular flexibility index (Phi) is 1520000. The van der Waals surface area contributed by atoms with Crippen molar-refractivity contribution >= 4 is 11.0 Å².